The number of allylic oxidation sites excluding steroid dienone is 1. The number of nitrogens with zero attached hydrogens (tertiary/aromatic N) is 1. The highest BCUT2D eigenvalue weighted by Crippen LogP contribution is 2.15. The second-order valence-corrected chi connectivity index (χ2v) is 7.29. The molecule has 2 rings (SSSR count). The van der Waals surface area contributed by atoms with E-state index in [1.165, 1.54) is 6.08 Å². The molecule has 0 spiro atoms. The summed E-state index contributed by atoms with van der Waals surface area (Å²) in [5.74, 6) is 2.43. The summed E-state index contributed by atoms with van der Waals surface area (Å²) in [7, 11) is 0. The summed E-state index contributed by atoms with van der Waals surface area (Å²) in [6, 6.07) is 17.9. The van der Waals surface area contributed by atoms with Gasteiger partial charge in [0.1, 0.15) is 18.5 Å². The van der Waals surface area contributed by atoms with Gasteiger partial charge >= 0.3 is 6.09 Å². The van der Waals surface area contributed by atoms with E-state index in [2.05, 4.69) is 21.5 Å². The van der Waals surface area contributed by atoms with Crippen LogP contribution in [0.25, 0.3) is 5.70 Å². The van der Waals surface area contributed by atoms with Gasteiger partial charge < -0.3 is 21.1 Å². The molecule has 0 radical (unpaired) electrons. The summed E-state index contributed by atoms with van der Waals surface area (Å²) in [5, 5.41) is 5.39. The number of rotatable bonds is 10. The molecule has 0 heterocycles. The van der Waals surface area contributed by atoms with Gasteiger partial charge in [-0.25, -0.2) is 9.79 Å². The summed E-state index contributed by atoms with van der Waals surface area (Å²) in [5.41, 5.74) is 7.80. The van der Waals surface area contributed by atoms with Crippen LogP contribution >= 0.6 is 0 Å². The van der Waals surface area contributed by atoms with Crippen LogP contribution in [0.3, 0.4) is 0 Å². The molecule has 0 aliphatic carbocycles. The number of nitrogens with one attached hydrogen (secondary N) is 2. The van der Waals surface area contributed by atoms with Crippen molar-refractivity contribution in [3.8, 4) is 12.3 Å². The molecule has 0 saturated heterocycles. The van der Waals surface area contributed by atoms with Crippen LogP contribution in [0.15, 0.2) is 71.7 Å². The summed E-state index contributed by atoms with van der Waals surface area (Å²) >= 11 is 0. The summed E-state index contributed by atoms with van der Waals surface area (Å²) < 4.78 is 5.26. The summed E-state index contributed by atoms with van der Waals surface area (Å²) in [6.45, 7) is 2.28. The van der Waals surface area contributed by atoms with Gasteiger partial charge in [-0.15, -0.1) is 6.42 Å². The molecule has 0 aromatic heterocycles. The van der Waals surface area contributed by atoms with Gasteiger partial charge in [-0.1, -0.05) is 66.6 Å². The van der Waals surface area contributed by atoms with Gasteiger partial charge in [0.25, 0.3) is 0 Å². The Morgan fingerprint density at radius 2 is 1.79 bits per heavy atom. The van der Waals surface area contributed by atoms with Gasteiger partial charge in [0.05, 0.1) is 5.70 Å². The van der Waals surface area contributed by atoms with Gasteiger partial charge in [-0.3, -0.25) is 4.79 Å². The molecule has 0 fully saturated rings. The third-order valence-corrected chi connectivity index (χ3v) is 4.65. The fourth-order valence-corrected chi connectivity index (χ4v) is 3.01. The van der Waals surface area contributed by atoms with E-state index in [1.807, 2.05) is 60.7 Å². The number of alkyl carbamates (subject to hydrolysis) is 1. The standard InChI is InChI=1S/C26H30N4O3/c1-3-12-23(22-15-8-5-9-16-22)28-20(2)29-25(31)24(17-10-11-18-27)30-26(32)33-19-21-13-6-4-7-14-21/h1,4-9,12-16,24H,10-11,17-19,27H2,2H3,(H,30,32)(H,28,29,31)/b23-12-/t24-/m0/s1. The fourth-order valence-electron chi connectivity index (χ4n) is 3.01. The zero-order valence-corrected chi connectivity index (χ0v) is 18.8. The van der Waals surface area contributed by atoms with Gasteiger partial charge in [0, 0.05) is 11.6 Å². The highest BCUT2D eigenvalue weighted by molar-refractivity contribution is 6.02. The first kappa shape index (κ1) is 25.4. The van der Waals surface area contributed by atoms with Crippen LogP contribution in [0.2, 0.25) is 0 Å². The number of amides is 2. The zero-order chi connectivity index (χ0) is 23.9. The van der Waals surface area contributed by atoms with Crippen molar-refractivity contribution in [2.45, 2.75) is 38.8 Å². The first-order chi connectivity index (χ1) is 16.0. The van der Waals surface area contributed by atoms with E-state index in [4.69, 9.17) is 16.9 Å². The molecule has 2 amide bonds. The Balaban J connectivity index is 2.03. The van der Waals surface area contributed by atoms with E-state index in [0.717, 1.165) is 17.5 Å². The Labute approximate surface area is 195 Å². The molecular formula is C26H30N4O3. The number of nitrogens with two attached hydrogens (primary N) is 1. The Morgan fingerprint density at radius 3 is 2.42 bits per heavy atom. The minimum atomic E-state index is -0.790. The molecule has 0 aliphatic rings. The van der Waals surface area contributed by atoms with Crippen LogP contribution in [0.4, 0.5) is 4.79 Å². The number of hydrogen-bond donors (Lipinski definition) is 3. The molecule has 0 aliphatic heterocycles. The van der Waals surface area contributed by atoms with Crippen LogP contribution < -0.4 is 16.4 Å². The van der Waals surface area contributed by atoms with Crippen LogP contribution in [-0.2, 0) is 16.1 Å². The summed E-state index contributed by atoms with van der Waals surface area (Å²) in [4.78, 5) is 29.6. The number of carbonyl (C=O) groups is 2. The Kier molecular flexibility index (Phi) is 10.9. The second-order valence-electron chi connectivity index (χ2n) is 7.29. The molecule has 4 N–H and O–H groups in total. The minimum absolute atomic E-state index is 0.113. The van der Waals surface area contributed by atoms with Crippen molar-refractivity contribution in [3.05, 3.63) is 77.9 Å². The number of unbranched alkanes of at least 4 members (excludes halogenated alkanes) is 1. The Bertz CT molecular complexity index is 995. The van der Waals surface area contributed by atoms with Crippen LogP contribution in [0.1, 0.15) is 37.3 Å². The van der Waals surface area contributed by atoms with E-state index in [0.29, 0.717) is 30.9 Å². The third kappa shape index (κ3) is 9.42. The largest absolute Gasteiger partial charge is 0.445 e. The Morgan fingerprint density at radius 1 is 1.12 bits per heavy atom. The molecule has 7 heteroatoms. The number of amidine groups is 1. The van der Waals surface area contributed by atoms with E-state index < -0.39 is 18.0 Å². The predicted octanol–water partition coefficient (Wildman–Crippen LogP) is 3.62. The van der Waals surface area contributed by atoms with Gasteiger partial charge in [0.2, 0.25) is 5.91 Å². The third-order valence-electron chi connectivity index (χ3n) is 4.65. The molecule has 2 aromatic carbocycles. The van der Waals surface area contributed by atoms with Crippen molar-refractivity contribution in [1.29, 1.82) is 0 Å². The number of hydrogen-bond acceptors (Lipinski definition) is 5. The molecule has 0 unspecified atom stereocenters. The number of benzene rings is 2. The average molecular weight is 447 g/mol. The lowest BCUT2D eigenvalue weighted by Gasteiger charge is -2.18. The minimum Gasteiger partial charge on any atom is -0.445 e. The van der Waals surface area contributed by atoms with Crippen molar-refractivity contribution >= 4 is 23.5 Å². The molecular weight excluding hydrogens is 416 g/mol. The lowest BCUT2D eigenvalue weighted by molar-refractivity contribution is -0.121. The lowest BCUT2D eigenvalue weighted by atomic mass is 10.1. The number of terminal acetylenes is 1. The van der Waals surface area contributed by atoms with Gasteiger partial charge in [-0.05, 0) is 38.3 Å². The van der Waals surface area contributed by atoms with E-state index >= 15 is 0 Å². The smallest absolute Gasteiger partial charge is 0.408 e. The Hall–Kier alpha value is -3.89. The molecule has 0 saturated carbocycles. The van der Waals surface area contributed by atoms with Crippen molar-refractivity contribution in [3.63, 3.8) is 0 Å². The monoisotopic (exact) mass is 446 g/mol. The van der Waals surface area contributed by atoms with Crippen molar-refractivity contribution < 1.29 is 14.3 Å². The highest BCUT2D eigenvalue weighted by atomic mass is 16.5. The predicted molar refractivity (Wildman–Crippen MR) is 131 cm³/mol. The average Bonchev–Trinajstić information content (AvgIpc) is 2.83. The molecule has 172 valence electrons. The van der Waals surface area contributed by atoms with E-state index in [1.54, 1.807) is 6.92 Å². The van der Waals surface area contributed by atoms with E-state index in [-0.39, 0.29) is 6.61 Å². The SMILES string of the molecule is C#C/C=C(\N=C(/C)NC(=O)[C@H](CCCCN)NC(=O)OCc1ccccc1)c1ccccc1. The molecule has 1 atom stereocenters. The first-order valence-electron chi connectivity index (χ1n) is 10.8. The van der Waals surface area contributed by atoms with Crippen molar-refractivity contribution in [1.82, 2.24) is 10.6 Å². The fraction of sp³-hybridized carbons (Fsp3) is 0.269. The van der Waals surface area contributed by atoms with Crippen molar-refractivity contribution in [2.75, 3.05) is 6.54 Å². The lowest BCUT2D eigenvalue weighted by Crippen LogP contribution is -2.48. The molecule has 33 heavy (non-hydrogen) atoms. The van der Waals surface area contributed by atoms with E-state index in [9.17, 15) is 9.59 Å². The van der Waals surface area contributed by atoms with Crippen LogP contribution in [0.5, 0.6) is 0 Å². The number of aliphatic imine (C=N–C) groups is 1. The summed E-state index contributed by atoms with van der Waals surface area (Å²) in [6.07, 6.45) is 8.13. The second kappa shape index (κ2) is 14.2. The maximum absolute atomic E-state index is 12.9. The molecule has 2 aromatic rings. The van der Waals surface area contributed by atoms with Gasteiger partial charge in [0.15, 0.2) is 0 Å². The normalized spacial score (nSPS) is 12.4. The molecule has 7 nitrogen and oxygen atoms in total. The van der Waals surface area contributed by atoms with Gasteiger partial charge in [-0.2, -0.15) is 0 Å². The zero-order valence-electron chi connectivity index (χ0n) is 18.8. The number of ether oxygens (including phenoxy) is 1. The maximum atomic E-state index is 12.9. The molecule has 0 bridgehead atoms. The topological polar surface area (TPSA) is 106 Å². The highest BCUT2D eigenvalue weighted by Gasteiger charge is 2.21. The maximum Gasteiger partial charge on any atom is 0.408 e. The van der Waals surface area contributed by atoms with Crippen LogP contribution in [-0.4, -0.2) is 30.4 Å². The van der Waals surface area contributed by atoms with Crippen LogP contribution in [0, 0.1) is 12.3 Å². The quantitative estimate of drug-likeness (QED) is 0.224. The first-order valence-corrected chi connectivity index (χ1v) is 10.8. The number of carbonyl (C=O) groups excluding carboxylic acids is 2. The van der Waals surface area contributed by atoms with Crippen molar-refractivity contribution in [2.24, 2.45) is 10.7 Å².